The zero-order valence-corrected chi connectivity index (χ0v) is 10.8. The van der Waals surface area contributed by atoms with Crippen LogP contribution in [0, 0.1) is 0 Å². The Morgan fingerprint density at radius 3 is 1.40 bits per heavy atom. The zero-order chi connectivity index (χ0) is 15.3. The largest absolute Gasteiger partial charge is 1.00 e. The summed E-state index contributed by atoms with van der Waals surface area (Å²) in [7, 11) is -5.21. The molecule has 0 fully saturated rings. The van der Waals surface area contributed by atoms with Gasteiger partial charge in [0.2, 0.25) is 0 Å². The van der Waals surface area contributed by atoms with E-state index in [0.717, 1.165) is 0 Å². The van der Waals surface area contributed by atoms with Crippen LogP contribution in [0.1, 0.15) is 0 Å². The monoisotopic (exact) mass is 327 g/mol. The standard InChI is InChI=1S/C6H9F6NO5S.Li/c7-5(8,9)17-3-1-13(19(14,15)16)2-4-18-6(10,11)12;/h1-4H2,(H,14,15,16);/q;+1/p-1. The first-order valence-corrected chi connectivity index (χ1v) is 5.80. The first kappa shape index (κ1) is 22.3. The molecule has 14 heteroatoms. The zero-order valence-electron chi connectivity index (χ0n) is 9.99. The molecule has 0 atom stereocenters. The van der Waals surface area contributed by atoms with Crippen molar-refractivity contribution in [2.45, 2.75) is 12.7 Å². The Morgan fingerprint density at radius 1 is 0.900 bits per heavy atom. The van der Waals surface area contributed by atoms with Gasteiger partial charge in [-0.15, -0.1) is 26.3 Å². The molecule has 0 aromatic rings. The maximum Gasteiger partial charge on any atom is 1.00 e. The van der Waals surface area contributed by atoms with Gasteiger partial charge in [-0.25, -0.2) is 12.7 Å². The van der Waals surface area contributed by atoms with Crippen LogP contribution in [0.2, 0.25) is 0 Å². The van der Waals surface area contributed by atoms with Gasteiger partial charge in [0.1, 0.15) is 0 Å². The average molecular weight is 327 g/mol. The van der Waals surface area contributed by atoms with Crippen molar-refractivity contribution in [2.75, 3.05) is 26.3 Å². The second-order valence-corrected chi connectivity index (χ2v) is 4.32. The smallest absolute Gasteiger partial charge is 0.735 e. The molecule has 0 radical (unpaired) electrons. The molecule has 0 rings (SSSR count). The molecule has 6 nitrogen and oxygen atoms in total. The van der Waals surface area contributed by atoms with Crippen LogP contribution in [0.25, 0.3) is 0 Å². The summed E-state index contributed by atoms with van der Waals surface area (Å²) in [5, 5.41) is 0. The fraction of sp³-hybridized carbons (Fsp3) is 1.00. The van der Waals surface area contributed by atoms with E-state index in [0.29, 0.717) is 0 Å². The van der Waals surface area contributed by atoms with Crippen molar-refractivity contribution in [1.29, 1.82) is 0 Å². The summed E-state index contributed by atoms with van der Waals surface area (Å²) in [6, 6.07) is 0. The van der Waals surface area contributed by atoms with E-state index < -0.39 is 49.3 Å². The van der Waals surface area contributed by atoms with Gasteiger partial charge >= 0.3 is 31.6 Å². The van der Waals surface area contributed by atoms with Gasteiger partial charge in [-0.1, -0.05) is 0 Å². The van der Waals surface area contributed by atoms with Gasteiger partial charge in [-0.3, -0.25) is 9.47 Å². The summed E-state index contributed by atoms with van der Waals surface area (Å²) in [6.45, 7) is -4.55. The van der Waals surface area contributed by atoms with Crippen molar-refractivity contribution in [3.63, 3.8) is 0 Å². The summed E-state index contributed by atoms with van der Waals surface area (Å²) >= 11 is 0. The van der Waals surface area contributed by atoms with Crippen molar-refractivity contribution in [3.05, 3.63) is 0 Å². The quantitative estimate of drug-likeness (QED) is 0.302. The van der Waals surface area contributed by atoms with Crippen molar-refractivity contribution in [3.8, 4) is 0 Å². The summed E-state index contributed by atoms with van der Waals surface area (Å²) < 4.78 is 107. The van der Waals surface area contributed by atoms with Gasteiger partial charge in [0.05, 0.1) is 13.2 Å². The molecule has 0 bridgehead atoms. The Bertz CT molecular complexity index is 351. The molecule has 0 N–H and O–H groups in total. The number of ether oxygens (including phenoxy) is 2. The van der Waals surface area contributed by atoms with Crippen LogP contribution >= 0.6 is 0 Å². The van der Waals surface area contributed by atoms with Crippen LogP contribution < -0.4 is 18.9 Å². The topological polar surface area (TPSA) is 78.9 Å². The summed E-state index contributed by atoms with van der Waals surface area (Å²) in [5.41, 5.74) is 0. The molecule has 0 aliphatic heterocycles. The molecule has 0 aromatic heterocycles. The van der Waals surface area contributed by atoms with E-state index in [9.17, 15) is 39.3 Å². The number of halogens is 6. The fourth-order valence-corrected chi connectivity index (χ4v) is 1.46. The maximum atomic E-state index is 11.6. The van der Waals surface area contributed by atoms with Crippen LogP contribution in [0.3, 0.4) is 0 Å². The first-order valence-electron chi connectivity index (χ1n) is 4.43. The van der Waals surface area contributed by atoms with Crippen LogP contribution in [0.15, 0.2) is 0 Å². The van der Waals surface area contributed by atoms with E-state index in [-0.39, 0.29) is 23.2 Å². The minimum atomic E-state index is -5.21. The summed E-state index contributed by atoms with van der Waals surface area (Å²) in [6.07, 6.45) is -10.1. The number of hydrogen-bond acceptors (Lipinski definition) is 5. The van der Waals surface area contributed by atoms with Crippen molar-refractivity contribution in [1.82, 2.24) is 4.31 Å². The third-order valence-electron chi connectivity index (χ3n) is 1.53. The van der Waals surface area contributed by atoms with Gasteiger partial charge in [-0.05, 0) is 0 Å². The second kappa shape index (κ2) is 8.42. The Labute approximate surface area is 122 Å². The number of alkyl halides is 6. The molecule has 0 saturated carbocycles. The van der Waals surface area contributed by atoms with Crippen LogP contribution in [0.4, 0.5) is 26.3 Å². The molecule has 0 aromatic carbocycles. The second-order valence-electron chi connectivity index (χ2n) is 2.95. The minimum absolute atomic E-state index is 0. The number of rotatable bonds is 7. The molecule has 0 amide bonds. The van der Waals surface area contributed by atoms with E-state index in [4.69, 9.17) is 0 Å². The normalized spacial score (nSPS) is 13.4. The van der Waals surface area contributed by atoms with Gasteiger partial charge in [0.25, 0.3) is 0 Å². The molecule has 20 heavy (non-hydrogen) atoms. The molecule has 116 valence electrons. The van der Waals surface area contributed by atoms with E-state index in [1.807, 2.05) is 0 Å². The Kier molecular flexibility index (Phi) is 9.37. The summed E-state index contributed by atoms with van der Waals surface area (Å²) in [5.74, 6) is 0. The SMILES string of the molecule is O=S(=O)([O-])N(CCOC(F)(F)F)CCOC(F)(F)F.[Li+]. The molecule has 0 aliphatic carbocycles. The Hall–Kier alpha value is -0.0326. The molecular formula is C6H8F6LiNO5S. The predicted octanol–water partition coefficient (Wildman–Crippen LogP) is -2.17. The van der Waals surface area contributed by atoms with E-state index in [2.05, 4.69) is 9.47 Å². The fourth-order valence-electron chi connectivity index (χ4n) is 0.862. The Morgan fingerprint density at radius 2 is 1.20 bits per heavy atom. The Balaban J connectivity index is 0. The van der Waals surface area contributed by atoms with Gasteiger partial charge in [0, 0.05) is 13.1 Å². The van der Waals surface area contributed by atoms with Crippen LogP contribution in [0.5, 0.6) is 0 Å². The van der Waals surface area contributed by atoms with E-state index in [1.165, 1.54) is 0 Å². The van der Waals surface area contributed by atoms with E-state index >= 15 is 0 Å². The van der Waals surface area contributed by atoms with Crippen LogP contribution in [-0.2, 0) is 19.8 Å². The van der Waals surface area contributed by atoms with E-state index in [1.54, 1.807) is 0 Å². The third kappa shape index (κ3) is 13.0. The van der Waals surface area contributed by atoms with Crippen molar-refractivity contribution < 1.29 is 67.6 Å². The molecule has 0 saturated heterocycles. The minimum Gasteiger partial charge on any atom is -0.735 e. The van der Waals surface area contributed by atoms with Crippen molar-refractivity contribution >= 4 is 10.3 Å². The molecule has 0 aliphatic rings. The van der Waals surface area contributed by atoms with Crippen LogP contribution in [-0.4, -0.2) is 56.3 Å². The first-order chi connectivity index (χ1) is 8.31. The maximum absolute atomic E-state index is 11.6. The number of nitrogens with zero attached hydrogens (tertiary/aromatic N) is 1. The third-order valence-corrected chi connectivity index (χ3v) is 2.53. The molecule has 0 heterocycles. The predicted molar refractivity (Wildman–Crippen MR) is 45.3 cm³/mol. The van der Waals surface area contributed by atoms with Gasteiger partial charge < -0.3 is 4.55 Å². The van der Waals surface area contributed by atoms with Gasteiger partial charge in [-0.2, -0.15) is 0 Å². The summed E-state index contributed by atoms with van der Waals surface area (Å²) in [4.78, 5) is 0. The molecule has 0 unspecified atom stereocenters. The molecular weight excluding hydrogens is 319 g/mol. The molecule has 0 spiro atoms. The average Bonchev–Trinajstić information content (AvgIpc) is 2.09. The van der Waals surface area contributed by atoms with Crippen molar-refractivity contribution in [2.24, 2.45) is 0 Å². The number of hydrogen-bond donors (Lipinski definition) is 0. The van der Waals surface area contributed by atoms with Gasteiger partial charge in [0.15, 0.2) is 10.3 Å².